The molecule has 0 amide bonds. The molecule has 210 valence electrons. The molecule has 0 saturated carbocycles. The number of ether oxygens (including phenoxy) is 2. The van der Waals surface area contributed by atoms with E-state index in [9.17, 15) is 65.9 Å². The van der Waals surface area contributed by atoms with E-state index in [1.807, 2.05) is 0 Å². The van der Waals surface area contributed by atoms with Crippen molar-refractivity contribution in [2.24, 2.45) is 0 Å². The lowest BCUT2D eigenvalue weighted by molar-refractivity contribution is -0.453. The highest BCUT2D eigenvalue weighted by Crippen LogP contribution is 2.63. The zero-order valence-electron chi connectivity index (χ0n) is 18.2. The summed E-state index contributed by atoms with van der Waals surface area (Å²) in [7, 11) is 0.590. The van der Waals surface area contributed by atoms with Crippen LogP contribution < -0.4 is 4.74 Å². The van der Waals surface area contributed by atoms with E-state index in [0.29, 0.717) is 14.0 Å². The maximum atomic E-state index is 14.4. The molecular weight excluding hydrogens is 545 g/mol. The molecule has 0 aliphatic heterocycles. The van der Waals surface area contributed by atoms with Gasteiger partial charge in [-0.25, -0.2) is 0 Å². The van der Waals surface area contributed by atoms with Crippen molar-refractivity contribution in [3.8, 4) is 5.75 Å². The minimum Gasteiger partial charge on any atom is -0.494 e. The Morgan fingerprint density at radius 1 is 0.667 bits per heavy atom. The fourth-order valence-corrected chi connectivity index (χ4v) is 2.91. The summed E-state index contributed by atoms with van der Waals surface area (Å²) in [6, 6.07) is 4.14. The number of rotatable bonds is 11. The Balaban J connectivity index is 3.59. The molecule has 0 spiro atoms. The fourth-order valence-electron chi connectivity index (χ4n) is 2.91. The van der Waals surface area contributed by atoms with Gasteiger partial charge in [0.15, 0.2) is 0 Å². The molecule has 0 bridgehead atoms. The molecule has 17 heteroatoms. The first-order chi connectivity index (χ1) is 15.8. The zero-order chi connectivity index (χ0) is 28.8. The number of hydrogen-bond acceptors (Lipinski definition) is 2. The Bertz CT molecular complexity index is 910. The largest absolute Gasteiger partial charge is 0.494 e. The van der Waals surface area contributed by atoms with Gasteiger partial charge < -0.3 is 9.47 Å². The average molecular weight is 562 g/mol. The van der Waals surface area contributed by atoms with E-state index in [1.165, 1.54) is 13.0 Å². The summed E-state index contributed by atoms with van der Waals surface area (Å²) in [6.07, 6.45) is -10.3. The topological polar surface area (TPSA) is 18.5 Å². The summed E-state index contributed by atoms with van der Waals surface area (Å²) in [5.74, 6) is -46.9. The minimum absolute atomic E-state index is 0.000539. The number of methoxy groups -OCH3 is 1. The Labute approximate surface area is 193 Å². The van der Waals surface area contributed by atoms with Crippen molar-refractivity contribution < 1.29 is 75.3 Å². The van der Waals surface area contributed by atoms with E-state index in [-0.39, 0.29) is 12.4 Å². The van der Waals surface area contributed by atoms with E-state index in [0.717, 1.165) is 18.2 Å². The number of hydrogen-bond donors (Lipinski definition) is 0. The lowest BCUT2D eigenvalue weighted by atomic mass is 9.83. The quantitative estimate of drug-likeness (QED) is 0.257. The summed E-state index contributed by atoms with van der Waals surface area (Å²) in [6.45, 7) is 2.04. The lowest BCUT2D eigenvalue weighted by Gasteiger charge is -2.43. The van der Waals surface area contributed by atoms with Crippen LogP contribution in [0.3, 0.4) is 0 Å². The van der Waals surface area contributed by atoms with Crippen LogP contribution in [0.15, 0.2) is 24.3 Å². The molecule has 2 nitrogen and oxygen atoms in total. The number of alkyl halides is 15. The third kappa shape index (κ3) is 4.78. The van der Waals surface area contributed by atoms with Gasteiger partial charge in [-0.05, 0) is 31.5 Å². The van der Waals surface area contributed by atoms with Crippen LogP contribution in [0.5, 0.6) is 5.75 Å². The first-order valence-corrected chi connectivity index (χ1v) is 9.43. The van der Waals surface area contributed by atoms with Crippen molar-refractivity contribution in [3.63, 3.8) is 0 Å². The summed E-state index contributed by atoms with van der Waals surface area (Å²) in [4.78, 5) is 0. The van der Waals surface area contributed by atoms with Crippen LogP contribution in [-0.4, -0.2) is 55.4 Å². The van der Waals surface area contributed by atoms with Crippen LogP contribution in [0.4, 0.5) is 65.9 Å². The Hall–Kier alpha value is -2.07. The van der Waals surface area contributed by atoms with Gasteiger partial charge >= 0.3 is 41.7 Å². The molecule has 1 atom stereocenters. The minimum atomic E-state index is -8.33. The highest BCUT2D eigenvalue weighted by Gasteiger charge is 2.93. The highest BCUT2D eigenvalue weighted by molar-refractivity contribution is 5.33. The van der Waals surface area contributed by atoms with E-state index < -0.39 is 59.3 Å². The molecule has 0 N–H and O–H groups in total. The van der Waals surface area contributed by atoms with Gasteiger partial charge in [-0.1, -0.05) is 12.1 Å². The van der Waals surface area contributed by atoms with E-state index in [4.69, 9.17) is 4.74 Å². The molecule has 0 aromatic heterocycles. The maximum Gasteiger partial charge on any atom is 0.460 e. The van der Waals surface area contributed by atoms with Crippen molar-refractivity contribution in [1.82, 2.24) is 0 Å². The first-order valence-electron chi connectivity index (χ1n) is 9.43. The highest BCUT2D eigenvalue weighted by atomic mass is 19.4. The van der Waals surface area contributed by atoms with E-state index in [1.54, 1.807) is 0 Å². The van der Waals surface area contributed by atoms with Crippen LogP contribution in [0.25, 0.3) is 0 Å². The summed E-state index contributed by atoms with van der Waals surface area (Å²) < 4.78 is 211. The van der Waals surface area contributed by atoms with Crippen LogP contribution in [-0.2, 0) is 10.3 Å². The monoisotopic (exact) mass is 562 g/mol. The standard InChI is InChI=1S/C19H17F15O2/c1-4-36-11-7-5-6-10(8-11)12(2,35-3)9-13(20,21)14(22,23)15(24,25)16(26,27)17(28,29)18(30,31)19(32,33)34/h5-8H,4,9H2,1-3H3. The summed E-state index contributed by atoms with van der Waals surface area (Å²) >= 11 is 0. The fraction of sp³-hybridized carbons (Fsp3) is 0.684. The van der Waals surface area contributed by atoms with Crippen LogP contribution in [0.2, 0.25) is 0 Å². The van der Waals surface area contributed by atoms with Crippen LogP contribution >= 0.6 is 0 Å². The molecule has 1 aromatic rings. The molecule has 1 rings (SSSR count). The third-order valence-electron chi connectivity index (χ3n) is 5.16. The Morgan fingerprint density at radius 3 is 1.53 bits per heavy atom. The lowest BCUT2D eigenvalue weighted by Crippen LogP contribution is -2.72. The average Bonchev–Trinajstić information content (AvgIpc) is 2.72. The molecule has 1 unspecified atom stereocenters. The van der Waals surface area contributed by atoms with Gasteiger partial charge in [0.25, 0.3) is 0 Å². The summed E-state index contributed by atoms with van der Waals surface area (Å²) in [5.41, 5.74) is -3.24. The second kappa shape index (κ2) is 9.35. The number of halogens is 15. The smallest absolute Gasteiger partial charge is 0.460 e. The second-order valence-corrected chi connectivity index (χ2v) is 7.65. The van der Waals surface area contributed by atoms with Crippen molar-refractivity contribution in [2.75, 3.05) is 13.7 Å². The van der Waals surface area contributed by atoms with E-state index in [2.05, 4.69) is 4.74 Å². The Morgan fingerprint density at radius 2 is 1.11 bits per heavy atom. The molecule has 1 aromatic carbocycles. The zero-order valence-corrected chi connectivity index (χ0v) is 18.2. The Kier molecular flexibility index (Phi) is 8.30. The molecule has 36 heavy (non-hydrogen) atoms. The van der Waals surface area contributed by atoms with Gasteiger partial charge in [0.05, 0.1) is 18.6 Å². The van der Waals surface area contributed by atoms with Crippen molar-refractivity contribution in [3.05, 3.63) is 29.8 Å². The van der Waals surface area contributed by atoms with Gasteiger partial charge in [0, 0.05) is 7.11 Å². The van der Waals surface area contributed by atoms with Gasteiger partial charge in [-0.2, -0.15) is 65.9 Å². The van der Waals surface area contributed by atoms with Crippen LogP contribution in [0.1, 0.15) is 25.8 Å². The third-order valence-corrected chi connectivity index (χ3v) is 5.16. The summed E-state index contributed by atoms with van der Waals surface area (Å²) in [5, 5.41) is 0. The second-order valence-electron chi connectivity index (χ2n) is 7.65. The molecule has 0 aliphatic rings. The van der Waals surface area contributed by atoms with Gasteiger partial charge in [0.1, 0.15) is 5.75 Å². The van der Waals surface area contributed by atoms with E-state index >= 15 is 0 Å². The van der Waals surface area contributed by atoms with Gasteiger partial charge in [-0.3, -0.25) is 0 Å². The van der Waals surface area contributed by atoms with Gasteiger partial charge in [-0.15, -0.1) is 0 Å². The molecule has 0 radical (unpaired) electrons. The predicted molar refractivity (Wildman–Crippen MR) is 92.3 cm³/mol. The molecule has 0 heterocycles. The normalized spacial score (nSPS) is 16.6. The first kappa shape index (κ1) is 32.0. The molecular formula is C19H17F15O2. The maximum absolute atomic E-state index is 14.4. The molecule has 0 aliphatic carbocycles. The molecule has 0 fully saturated rings. The number of benzene rings is 1. The van der Waals surface area contributed by atoms with Crippen molar-refractivity contribution >= 4 is 0 Å². The predicted octanol–water partition coefficient (Wildman–Crippen LogP) is 7.71. The SMILES string of the molecule is CCOc1cccc(C(C)(CC(F)(F)C(F)(F)C(F)(F)C(F)(F)C(F)(F)C(F)(F)C(F)(F)F)OC)c1. The van der Waals surface area contributed by atoms with Crippen molar-refractivity contribution in [1.29, 1.82) is 0 Å². The molecule has 0 saturated heterocycles. The van der Waals surface area contributed by atoms with Crippen LogP contribution in [0, 0.1) is 0 Å². The van der Waals surface area contributed by atoms with Crippen molar-refractivity contribution in [2.45, 2.75) is 67.6 Å². The van der Waals surface area contributed by atoms with Gasteiger partial charge in [0.2, 0.25) is 0 Å².